The number of rotatable bonds is 4. The maximum atomic E-state index is 11.5. The number of aromatic carboxylic acids is 1. The van der Waals surface area contributed by atoms with Gasteiger partial charge in [-0.2, -0.15) is 5.57 Å². The van der Waals surface area contributed by atoms with E-state index in [0.29, 0.717) is 11.1 Å². The van der Waals surface area contributed by atoms with Gasteiger partial charge in [0.2, 0.25) is 0 Å². The van der Waals surface area contributed by atoms with Crippen molar-refractivity contribution in [2.45, 2.75) is 27.7 Å². The number of carbonyl (C=O) groups excluding carboxylic acids is 1. The zero-order valence-electron chi connectivity index (χ0n) is 13.4. The largest absolute Gasteiger partial charge is 0.529 e. The molecule has 0 aliphatic rings. The quantitative estimate of drug-likeness (QED) is 0.381. The molecule has 22 heavy (non-hydrogen) atoms. The molecule has 0 spiro atoms. The normalized spacial score (nSPS) is 10.2. The molecular weight excluding hydrogens is 357 g/mol. The Morgan fingerprint density at radius 3 is 2.05 bits per heavy atom. The van der Waals surface area contributed by atoms with Crippen molar-refractivity contribution < 1.29 is 52.1 Å². The SMILES string of the molecule is [CH-]=C(C=[C-]c1c(C)c(C)c(C)c(C)c1C(=O)O)C(=O)OC.[Y]. The van der Waals surface area contributed by atoms with Crippen molar-refractivity contribution in [3.63, 3.8) is 0 Å². The van der Waals surface area contributed by atoms with E-state index in [1.165, 1.54) is 13.2 Å². The molecule has 0 aliphatic heterocycles. The van der Waals surface area contributed by atoms with Gasteiger partial charge in [0.15, 0.2) is 5.97 Å². The van der Waals surface area contributed by atoms with Crippen molar-refractivity contribution in [1.29, 1.82) is 0 Å². The Kier molecular flexibility index (Phi) is 7.92. The van der Waals surface area contributed by atoms with Crippen LogP contribution in [0.4, 0.5) is 0 Å². The number of hydrogen-bond donors (Lipinski definition) is 1. The minimum absolute atomic E-state index is 0. The number of benzene rings is 1. The molecule has 0 atom stereocenters. The number of ether oxygens (including phenoxy) is 1. The zero-order chi connectivity index (χ0) is 16.3. The molecule has 0 heterocycles. The van der Waals surface area contributed by atoms with Gasteiger partial charge in [-0.1, -0.05) is 23.6 Å². The number of carboxylic acid groups (broad SMARTS) is 1. The van der Waals surface area contributed by atoms with E-state index in [-0.39, 0.29) is 43.8 Å². The number of hydrogen-bond acceptors (Lipinski definition) is 3. The Hall–Kier alpha value is -1.26. The summed E-state index contributed by atoms with van der Waals surface area (Å²) in [6, 6.07) is 0. The molecule has 1 rings (SSSR count). The first kappa shape index (κ1) is 20.7. The fourth-order valence-electron chi connectivity index (χ4n) is 2.09. The van der Waals surface area contributed by atoms with Crippen LogP contribution in [-0.4, -0.2) is 24.2 Å². The monoisotopic (exact) mass is 375 g/mol. The van der Waals surface area contributed by atoms with Crippen molar-refractivity contribution >= 4 is 11.9 Å². The smallest absolute Gasteiger partial charge is 0.293 e. The molecule has 1 aromatic carbocycles. The van der Waals surface area contributed by atoms with Crippen LogP contribution in [0.5, 0.6) is 0 Å². The zero-order valence-corrected chi connectivity index (χ0v) is 16.2. The summed E-state index contributed by atoms with van der Waals surface area (Å²) < 4.78 is 4.49. The van der Waals surface area contributed by atoms with Gasteiger partial charge in [-0.3, -0.25) is 11.4 Å². The van der Waals surface area contributed by atoms with Crippen LogP contribution < -0.4 is 0 Å². The maximum absolute atomic E-state index is 11.5. The van der Waals surface area contributed by atoms with Crippen LogP contribution in [0.25, 0.3) is 0 Å². The molecule has 0 fully saturated rings. The summed E-state index contributed by atoms with van der Waals surface area (Å²) in [4.78, 5) is 22.8. The van der Waals surface area contributed by atoms with Crippen LogP contribution >= 0.6 is 0 Å². The molecule has 1 N–H and O–H groups in total. The third-order valence-electron chi connectivity index (χ3n) is 3.69. The topological polar surface area (TPSA) is 63.6 Å². The molecule has 0 unspecified atom stereocenters. The number of esters is 1. The van der Waals surface area contributed by atoms with E-state index in [0.717, 1.165) is 16.7 Å². The fourth-order valence-corrected chi connectivity index (χ4v) is 2.09. The summed E-state index contributed by atoms with van der Waals surface area (Å²) in [5.41, 5.74) is 3.86. The molecule has 0 aromatic heterocycles. The second-order valence-electron chi connectivity index (χ2n) is 4.79. The fraction of sp³-hybridized carbons (Fsp3) is 0.294. The summed E-state index contributed by atoms with van der Waals surface area (Å²) in [7, 11) is 1.22. The van der Waals surface area contributed by atoms with E-state index in [9.17, 15) is 14.7 Å². The summed E-state index contributed by atoms with van der Waals surface area (Å²) in [5.74, 6) is -1.72. The van der Waals surface area contributed by atoms with Crippen LogP contribution in [-0.2, 0) is 42.2 Å². The molecule has 1 aromatic rings. The molecular formula is C17H18O4Y-2. The molecule has 0 bridgehead atoms. The Morgan fingerprint density at radius 2 is 1.59 bits per heavy atom. The first-order valence-electron chi connectivity index (χ1n) is 6.36. The first-order valence-corrected chi connectivity index (χ1v) is 6.36. The van der Waals surface area contributed by atoms with Gasteiger partial charge in [-0.15, -0.1) is 11.1 Å². The van der Waals surface area contributed by atoms with Crippen molar-refractivity contribution in [1.82, 2.24) is 0 Å². The maximum Gasteiger partial charge on any atom is 0.293 e. The minimum Gasteiger partial charge on any atom is -0.529 e. The predicted octanol–water partition coefficient (Wildman–Crippen LogP) is 2.86. The van der Waals surface area contributed by atoms with Crippen LogP contribution in [0.3, 0.4) is 0 Å². The van der Waals surface area contributed by atoms with Gasteiger partial charge in [0.1, 0.15) is 0 Å². The Morgan fingerprint density at radius 1 is 1.09 bits per heavy atom. The standard InChI is InChI=1S/C17H18O4.Y/c1-9(17(20)21-6)7-8-14-12(4)10(2)11(3)13(5)15(14)16(18)19;/h1,7H,2-6H3,(H,18,19);/q-2;. The third-order valence-corrected chi connectivity index (χ3v) is 3.69. The molecule has 115 valence electrons. The predicted molar refractivity (Wildman–Crippen MR) is 79.1 cm³/mol. The third kappa shape index (κ3) is 4.14. The van der Waals surface area contributed by atoms with Gasteiger partial charge in [0.05, 0.1) is 7.11 Å². The second kappa shape index (κ2) is 8.40. The van der Waals surface area contributed by atoms with E-state index < -0.39 is 11.9 Å². The van der Waals surface area contributed by atoms with Gasteiger partial charge in [-0.05, 0) is 26.3 Å². The van der Waals surface area contributed by atoms with Crippen molar-refractivity contribution in [3.05, 3.63) is 57.7 Å². The van der Waals surface area contributed by atoms with Crippen molar-refractivity contribution in [3.8, 4) is 0 Å². The van der Waals surface area contributed by atoms with Crippen LogP contribution in [0.15, 0.2) is 11.6 Å². The second-order valence-corrected chi connectivity index (χ2v) is 4.79. The minimum atomic E-state index is -1.04. The van der Waals surface area contributed by atoms with Crippen molar-refractivity contribution in [2.24, 2.45) is 0 Å². The van der Waals surface area contributed by atoms with Crippen LogP contribution in [0, 0.1) is 40.3 Å². The number of carbonyl (C=O) groups is 2. The average molecular weight is 375 g/mol. The van der Waals surface area contributed by atoms with Gasteiger partial charge in [0, 0.05) is 32.7 Å². The molecule has 0 amide bonds. The Labute approximate surface area is 156 Å². The Balaban J connectivity index is 0.00000441. The van der Waals surface area contributed by atoms with Gasteiger partial charge in [0.25, 0.3) is 5.97 Å². The number of methoxy groups -OCH3 is 1. The van der Waals surface area contributed by atoms with Crippen LogP contribution in [0.2, 0.25) is 0 Å². The van der Waals surface area contributed by atoms with Gasteiger partial charge in [-0.25, -0.2) is 12.2 Å². The molecule has 0 saturated heterocycles. The number of carboxylic acids is 1. The summed E-state index contributed by atoms with van der Waals surface area (Å²) in [6.45, 7) is 12.9. The average Bonchev–Trinajstić information content (AvgIpc) is 2.45. The van der Waals surface area contributed by atoms with E-state index in [1.807, 2.05) is 20.8 Å². The molecule has 1 radical (unpaired) electrons. The van der Waals surface area contributed by atoms with Crippen molar-refractivity contribution in [2.75, 3.05) is 7.11 Å². The van der Waals surface area contributed by atoms with E-state index in [1.54, 1.807) is 6.92 Å². The van der Waals surface area contributed by atoms with Gasteiger partial charge < -0.3 is 14.6 Å². The van der Waals surface area contributed by atoms with Crippen LogP contribution in [0.1, 0.15) is 38.2 Å². The first-order chi connectivity index (χ1) is 9.72. The van der Waals surface area contributed by atoms with Gasteiger partial charge >= 0.3 is 0 Å². The van der Waals surface area contributed by atoms with E-state index >= 15 is 0 Å². The molecule has 0 aliphatic carbocycles. The molecule has 4 nitrogen and oxygen atoms in total. The molecule has 5 heteroatoms. The van der Waals surface area contributed by atoms with E-state index in [2.05, 4.69) is 10.8 Å². The summed E-state index contributed by atoms with van der Waals surface area (Å²) in [5, 5.41) is 9.42. The Bertz CT molecular complexity index is 657. The molecule has 0 saturated carbocycles. The summed E-state index contributed by atoms with van der Waals surface area (Å²) >= 11 is 0. The van der Waals surface area contributed by atoms with E-state index in [4.69, 9.17) is 6.58 Å². The summed E-state index contributed by atoms with van der Waals surface area (Å²) in [6.07, 6.45) is 4.06.